The van der Waals surface area contributed by atoms with Gasteiger partial charge in [-0.25, -0.2) is 4.98 Å². The first-order valence-electron chi connectivity index (χ1n) is 7.23. The van der Waals surface area contributed by atoms with Gasteiger partial charge in [0.15, 0.2) is 12.1 Å². The largest absolute Gasteiger partial charge is 0.367 e. The van der Waals surface area contributed by atoms with Crippen LogP contribution in [0, 0.1) is 0 Å². The first-order valence-corrected chi connectivity index (χ1v) is 7.23. The number of carbonyl (C=O) groups excluding carboxylic acids is 1. The quantitative estimate of drug-likeness (QED) is 0.864. The zero-order valence-corrected chi connectivity index (χ0v) is 11.8. The second kappa shape index (κ2) is 5.63. The van der Waals surface area contributed by atoms with Gasteiger partial charge in [0.05, 0.1) is 11.2 Å². The summed E-state index contributed by atoms with van der Waals surface area (Å²) in [5.41, 5.74) is 2.96. The molecule has 5 heteroatoms. The van der Waals surface area contributed by atoms with Crippen LogP contribution in [0.4, 0.5) is 5.69 Å². The van der Waals surface area contributed by atoms with Crippen LogP contribution in [0.2, 0.25) is 0 Å². The SMILES string of the molecule is CCCN1CCN(c2cccc3[nH]c(C=O)nc23)CC1. The predicted molar refractivity (Wildman–Crippen MR) is 80.4 cm³/mol. The van der Waals surface area contributed by atoms with E-state index in [1.807, 2.05) is 12.1 Å². The highest BCUT2D eigenvalue weighted by Gasteiger charge is 2.19. The number of hydrogen-bond donors (Lipinski definition) is 1. The second-order valence-corrected chi connectivity index (χ2v) is 5.24. The van der Waals surface area contributed by atoms with E-state index in [-0.39, 0.29) is 0 Å². The van der Waals surface area contributed by atoms with Gasteiger partial charge in [-0.05, 0) is 25.1 Å². The Morgan fingerprint density at radius 1 is 1.30 bits per heavy atom. The number of anilines is 1. The molecule has 2 heterocycles. The van der Waals surface area contributed by atoms with E-state index in [9.17, 15) is 4.79 Å². The number of carbonyl (C=O) groups is 1. The molecule has 3 rings (SSSR count). The minimum absolute atomic E-state index is 0.400. The third kappa shape index (κ3) is 2.41. The maximum atomic E-state index is 10.9. The van der Waals surface area contributed by atoms with Crippen LogP contribution in [0.25, 0.3) is 11.0 Å². The molecule has 2 aromatic rings. The van der Waals surface area contributed by atoms with Crippen molar-refractivity contribution in [2.45, 2.75) is 13.3 Å². The summed E-state index contributed by atoms with van der Waals surface area (Å²) in [6, 6.07) is 6.07. The van der Waals surface area contributed by atoms with E-state index in [1.54, 1.807) is 0 Å². The molecular formula is C15H20N4O. The Bertz CT molecular complexity index is 599. The fourth-order valence-corrected chi connectivity index (χ4v) is 2.88. The molecule has 106 valence electrons. The number of para-hydroxylation sites is 1. The molecule has 0 bridgehead atoms. The van der Waals surface area contributed by atoms with Gasteiger partial charge in [0.1, 0.15) is 5.52 Å². The fourth-order valence-electron chi connectivity index (χ4n) is 2.88. The van der Waals surface area contributed by atoms with Gasteiger partial charge < -0.3 is 9.88 Å². The summed E-state index contributed by atoms with van der Waals surface area (Å²) >= 11 is 0. The van der Waals surface area contributed by atoms with Crippen LogP contribution in [0.3, 0.4) is 0 Å². The monoisotopic (exact) mass is 272 g/mol. The van der Waals surface area contributed by atoms with E-state index < -0.39 is 0 Å². The summed E-state index contributed by atoms with van der Waals surface area (Å²) in [6.07, 6.45) is 1.97. The number of nitrogens with zero attached hydrogens (tertiary/aromatic N) is 3. The minimum Gasteiger partial charge on any atom is -0.367 e. The molecule has 20 heavy (non-hydrogen) atoms. The molecule has 1 aromatic carbocycles. The van der Waals surface area contributed by atoms with Crippen molar-refractivity contribution in [3.8, 4) is 0 Å². The molecule has 0 amide bonds. The van der Waals surface area contributed by atoms with Gasteiger partial charge in [0, 0.05) is 26.2 Å². The number of H-pyrrole nitrogens is 1. The number of rotatable bonds is 4. The zero-order valence-electron chi connectivity index (χ0n) is 11.8. The summed E-state index contributed by atoms with van der Waals surface area (Å²) < 4.78 is 0. The molecule has 1 aliphatic rings. The Labute approximate surface area is 118 Å². The van der Waals surface area contributed by atoms with Crippen LogP contribution < -0.4 is 4.90 Å². The molecule has 1 N–H and O–H groups in total. The highest BCUT2D eigenvalue weighted by Crippen LogP contribution is 2.25. The second-order valence-electron chi connectivity index (χ2n) is 5.24. The van der Waals surface area contributed by atoms with Crippen molar-refractivity contribution in [1.82, 2.24) is 14.9 Å². The van der Waals surface area contributed by atoms with Crippen LogP contribution in [0.5, 0.6) is 0 Å². The predicted octanol–water partition coefficient (Wildman–Crippen LogP) is 1.91. The number of fused-ring (bicyclic) bond motifs is 1. The van der Waals surface area contributed by atoms with Crippen molar-refractivity contribution in [2.24, 2.45) is 0 Å². The topological polar surface area (TPSA) is 52.2 Å². The first kappa shape index (κ1) is 13.1. The van der Waals surface area contributed by atoms with Gasteiger partial charge in [0.25, 0.3) is 0 Å². The molecule has 1 aliphatic heterocycles. The minimum atomic E-state index is 0.400. The fraction of sp³-hybridized carbons (Fsp3) is 0.467. The van der Waals surface area contributed by atoms with Crippen molar-refractivity contribution in [3.63, 3.8) is 0 Å². The van der Waals surface area contributed by atoms with Crippen molar-refractivity contribution in [3.05, 3.63) is 24.0 Å². The maximum Gasteiger partial charge on any atom is 0.185 e. The highest BCUT2D eigenvalue weighted by atomic mass is 16.1. The summed E-state index contributed by atoms with van der Waals surface area (Å²) in [5.74, 6) is 0.400. The van der Waals surface area contributed by atoms with Crippen molar-refractivity contribution in [1.29, 1.82) is 0 Å². The number of hydrogen-bond acceptors (Lipinski definition) is 4. The van der Waals surface area contributed by atoms with Gasteiger partial charge in [0.2, 0.25) is 0 Å². The van der Waals surface area contributed by atoms with Crippen LogP contribution in [0.15, 0.2) is 18.2 Å². The van der Waals surface area contributed by atoms with Crippen LogP contribution in [0.1, 0.15) is 24.0 Å². The van der Waals surface area contributed by atoms with E-state index in [4.69, 9.17) is 0 Å². The molecule has 1 aromatic heterocycles. The Balaban J connectivity index is 1.84. The Morgan fingerprint density at radius 2 is 2.10 bits per heavy atom. The molecule has 0 atom stereocenters. The standard InChI is InChI=1S/C15H20N4O/c1-2-6-18-7-9-19(10-8-18)13-5-3-4-12-15(13)17-14(11-20)16-12/h3-5,11H,2,6-10H2,1H3,(H,16,17). The van der Waals surface area contributed by atoms with Gasteiger partial charge in [-0.1, -0.05) is 13.0 Å². The molecule has 1 fully saturated rings. The molecule has 0 unspecified atom stereocenters. The smallest absolute Gasteiger partial charge is 0.185 e. The summed E-state index contributed by atoms with van der Waals surface area (Å²) in [5, 5.41) is 0. The van der Waals surface area contributed by atoms with E-state index in [0.29, 0.717) is 5.82 Å². The van der Waals surface area contributed by atoms with E-state index in [1.165, 1.54) is 13.0 Å². The molecule has 0 spiro atoms. The van der Waals surface area contributed by atoms with Crippen molar-refractivity contribution >= 4 is 23.0 Å². The number of piperazine rings is 1. The van der Waals surface area contributed by atoms with E-state index in [2.05, 4.69) is 32.8 Å². The Kier molecular flexibility index (Phi) is 3.69. The molecule has 0 radical (unpaired) electrons. The zero-order chi connectivity index (χ0) is 13.9. The van der Waals surface area contributed by atoms with E-state index in [0.717, 1.165) is 49.2 Å². The highest BCUT2D eigenvalue weighted by molar-refractivity contribution is 5.91. The summed E-state index contributed by atoms with van der Waals surface area (Å²) in [4.78, 5) is 23.1. The van der Waals surface area contributed by atoms with Gasteiger partial charge in [-0.15, -0.1) is 0 Å². The van der Waals surface area contributed by atoms with Crippen molar-refractivity contribution in [2.75, 3.05) is 37.6 Å². The van der Waals surface area contributed by atoms with E-state index >= 15 is 0 Å². The molecular weight excluding hydrogens is 252 g/mol. The van der Waals surface area contributed by atoms with Gasteiger partial charge >= 0.3 is 0 Å². The van der Waals surface area contributed by atoms with Crippen molar-refractivity contribution < 1.29 is 4.79 Å². The summed E-state index contributed by atoms with van der Waals surface area (Å²) in [6.45, 7) is 7.61. The average Bonchev–Trinajstić information content (AvgIpc) is 2.91. The molecule has 0 saturated carbocycles. The van der Waals surface area contributed by atoms with Gasteiger partial charge in [-0.2, -0.15) is 0 Å². The maximum absolute atomic E-state index is 10.9. The lowest BCUT2D eigenvalue weighted by molar-refractivity contribution is 0.111. The number of aromatic amines is 1. The number of aldehydes is 1. The first-order chi connectivity index (χ1) is 9.81. The average molecular weight is 272 g/mol. The number of imidazole rings is 1. The lowest BCUT2D eigenvalue weighted by atomic mass is 10.2. The normalized spacial score (nSPS) is 16.8. The van der Waals surface area contributed by atoms with Gasteiger partial charge in [-0.3, -0.25) is 9.69 Å². The molecule has 5 nitrogen and oxygen atoms in total. The van der Waals surface area contributed by atoms with Crippen LogP contribution >= 0.6 is 0 Å². The third-order valence-corrected chi connectivity index (χ3v) is 3.87. The number of aromatic nitrogens is 2. The molecule has 1 saturated heterocycles. The Hall–Kier alpha value is -1.88. The molecule has 0 aliphatic carbocycles. The Morgan fingerprint density at radius 3 is 2.80 bits per heavy atom. The summed E-state index contributed by atoms with van der Waals surface area (Å²) in [7, 11) is 0. The van der Waals surface area contributed by atoms with Crippen LogP contribution in [-0.4, -0.2) is 53.9 Å². The van der Waals surface area contributed by atoms with Crippen LogP contribution in [-0.2, 0) is 0 Å². The lowest BCUT2D eigenvalue weighted by Crippen LogP contribution is -2.46. The number of nitrogens with one attached hydrogen (secondary N) is 1. The third-order valence-electron chi connectivity index (χ3n) is 3.87. The number of benzene rings is 1. The lowest BCUT2D eigenvalue weighted by Gasteiger charge is -2.36.